The molecule has 0 fully saturated rings. The van der Waals surface area contributed by atoms with Crippen LogP contribution in [0.4, 0.5) is 0 Å². The molecule has 0 spiro atoms. The molecular formula is C20H23NO2. The van der Waals surface area contributed by atoms with E-state index >= 15 is 0 Å². The fourth-order valence-electron chi connectivity index (χ4n) is 2.94. The van der Waals surface area contributed by atoms with Crippen LogP contribution in [-0.4, -0.2) is 25.1 Å². The zero-order valence-electron chi connectivity index (χ0n) is 14.0. The van der Waals surface area contributed by atoms with E-state index in [2.05, 4.69) is 49.1 Å². The predicted octanol–water partition coefficient (Wildman–Crippen LogP) is 4.95. The van der Waals surface area contributed by atoms with Crippen LogP contribution in [-0.2, 0) is 6.54 Å². The van der Waals surface area contributed by atoms with E-state index in [0.717, 1.165) is 42.1 Å². The summed E-state index contributed by atoms with van der Waals surface area (Å²) in [4.78, 5) is 2.36. The van der Waals surface area contributed by atoms with E-state index in [9.17, 15) is 0 Å². The standard InChI is InChI=1S/C20H23NO2/c1-4-21(5-2)14-19-20(15-9-7-6-8-10-15)17-12-11-16(22-3)13-18(17)23-19/h6-13H,4-5,14H2,1-3H3. The smallest absolute Gasteiger partial charge is 0.138 e. The van der Waals surface area contributed by atoms with Gasteiger partial charge in [0.25, 0.3) is 0 Å². The fourth-order valence-corrected chi connectivity index (χ4v) is 2.94. The summed E-state index contributed by atoms with van der Waals surface area (Å²) < 4.78 is 11.5. The molecule has 0 aliphatic carbocycles. The molecule has 120 valence electrons. The molecule has 3 nitrogen and oxygen atoms in total. The summed E-state index contributed by atoms with van der Waals surface area (Å²) in [5, 5.41) is 1.14. The van der Waals surface area contributed by atoms with Crippen molar-refractivity contribution in [2.75, 3.05) is 20.2 Å². The van der Waals surface area contributed by atoms with Gasteiger partial charge in [-0.3, -0.25) is 4.90 Å². The van der Waals surface area contributed by atoms with Gasteiger partial charge in [0, 0.05) is 17.0 Å². The zero-order chi connectivity index (χ0) is 16.2. The van der Waals surface area contributed by atoms with Crippen LogP contribution < -0.4 is 4.74 Å². The lowest BCUT2D eigenvalue weighted by Crippen LogP contribution is -2.22. The minimum absolute atomic E-state index is 0.814. The Balaban J connectivity index is 2.16. The number of hydrogen-bond acceptors (Lipinski definition) is 3. The van der Waals surface area contributed by atoms with E-state index in [1.54, 1.807) is 7.11 Å². The largest absolute Gasteiger partial charge is 0.497 e. The molecule has 0 aliphatic rings. The maximum absolute atomic E-state index is 6.21. The van der Waals surface area contributed by atoms with Crippen LogP contribution in [0.1, 0.15) is 19.6 Å². The molecule has 3 aromatic rings. The summed E-state index contributed by atoms with van der Waals surface area (Å²) in [7, 11) is 1.68. The molecule has 0 N–H and O–H groups in total. The molecule has 0 atom stereocenters. The van der Waals surface area contributed by atoms with Gasteiger partial charge < -0.3 is 9.15 Å². The van der Waals surface area contributed by atoms with Gasteiger partial charge in [0.1, 0.15) is 17.1 Å². The van der Waals surface area contributed by atoms with Gasteiger partial charge >= 0.3 is 0 Å². The highest BCUT2D eigenvalue weighted by molar-refractivity contribution is 5.96. The maximum Gasteiger partial charge on any atom is 0.138 e. The first-order chi connectivity index (χ1) is 11.3. The molecule has 0 amide bonds. The van der Waals surface area contributed by atoms with Crippen molar-refractivity contribution < 1.29 is 9.15 Å². The van der Waals surface area contributed by atoms with Crippen LogP contribution in [0.2, 0.25) is 0 Å². The molecule has 0 unspecified atom stereocenters. The summed E-state index contributed by atoms with van der Waals surface area (Å²) in [5.74, 6) is 1.84. The lowest BCUT2D eigenvalue weighted by molar-refractivity contribution is 0.272. The van der Waals surface area contributed by atoms with Crippen LogP contribution in [0.5, 0.6) is 5.75 Å². The van der Waals surface area contributed by atoms with E-state index < -0.39 is 0 Å². The van der Waals surface area contributed by atoms with Crippen molar-refractivity contribution in [3.05, 3.63) is 54.3 Å². The number of nitrogens with zero attached hydrogens (tertiary/aromatic N) is 1. The minimum atomic E-state index is 0.814. The number of ether oxygens (including phenoxy) is 1. The molecule has 3 heteroatoms. The van der Waals surface area contributed by atoms with Crippen LogP contribution in [0, 0.1) is 0 Å². The monoisotopic (exact) mass is 309 g/mol. The number of fused-ring (bicyclic) bond motifs is 1. The highest BCUT2D eigenvalue weighted by Gasteiger charge is 2.18. The quantitative estimate of drug-likeness (QED) is 0.644. The van der Waals surface area contributed by atoms with Gasteiger partial charge in [-0.2, -0.15) is 0 Å². The molecular weight excluding hydrogens is 286 g/mol. The van der Waals surface area contributed by atoms with Gasteiger partial charge in [-0.15, -0.1) is 0 Å². The fraction of sp³-hybridized carbons (Fsp3) is 0.300. The van der Waals surface area contributed by atoms with Gasteiger partial charge in [0.15, 0.2) is 0 Å². The van der Waals surface area contributed by atoms with Crippen molar-refractivity contribution in [2.45, 2.75) is 20.4 Å². The van der Waals surface area contributed by atoms with Gasteiger partial charge in [-0.05, 0) is 30.8 Å². The van der Waals surface area contributed by atoms with Crippen LogP contribution >= 0.6 is 0 Å². The first-order valence-electron chi connectivity index (χ1n) is 8.14. The van der Waals surface area contributed by atoms with Crippen LogP contribution in [0.3, 0.4) is 0 Å². The third-order valence-electron chi connectivity index (χ3n) is 4.29. The number of furan rings is 1. The molecule has 0 saturated carbocycles. The zero-order valence-corrected chi connectivity index (χ0v) is 14.0. The second-order valence-electron chi connectivity index (χ2n) is 5.59. The van der Waals surface area contributed by atoms with Crippen molar-refractivity contribution in [3.8, 4) is 16.9 Å². The topological polar surface area (TPSA) is 25.6 Å². The van der Waals surface area contributed by atoms with Crippen molar-refractivity contribution in [1.29, 1.82) is 0 Å². The Morgan fingerprint density at radius 2 is 1.74 bits per heavy atom. The Hall–Kier alpha value is -2.26. The Bertz CT molecular complexity index is 773. The highest BCUT2D eigenvalue weighted by Crippen LogP contribution is 2.37. The second kappa shape index (κ2) is 6.88. The van der Waals surface area contributed by atoms with E-state index in [4.69, 9.17) is 9.15 Å². The average Bonchev–Trinajstić information content (AvgIpc) is 2.97. The van der Waals surface area contributed by atoms with E-state index in [1.165, 1.54) is 11.1 Å². The Morgan fingerprint density at radius 1 is 1.00 bits per heavy atom. The lowest BCUT2D eigenvalue weighted by Gasteiger charge is -2.17. The third-order valence-corrected chi connectivity index (χ3v) is 4.29. The lowest BCUT2D eigenvalue weighted by atomic mass is 10.0. The first-order valence-corrected chi connectivity index (χ1v) is 8.14. The first kappa shape index (κ1) is 15.6. The molecule has 3 rings (SSSR count). The minimum Gasteiger partial charge on any atom is -0.497 e. The molecule has 0 saturated heterocycles. The maximum atomic E-state index is 6.21. The van der Waals surface area contributed by atoms with Gasteiger partial charge in [0.05, 0.1) is 13.7 Å². The molecule has 1 aromatic heterocycles. The number of methoxy groups -OCH3 is 1. The second-order valence-corrected chi connectivity index (χ2v) is 5.59. The summed E-state index contributed by atoms with van der Waals surface area (Å²) in [6.45, 7) is 7.18. The van der Waals surface area contributed by atoms with Gasteiger partial charge in [0.2, 0.25) is 0 Å². The van der Waals surface area contributed by atoms with E-state index in [1.807, 2.05) is 18.2 Å². The van der Waals surface area contributed by atoms with E-state index in [0.29, 0.717) is 0 Å². The molecule has 23 heavy (non-hydrogen) atoms. The SMILES string of the molecule is CCN(CC)Cc1oc2cc(OC)ccc2c1-c1ccccc1. The molecule has 1 heterocycles. The van der Waals surface area contributed by atoms with Gasteiger partial charge in [-0.25, -0.2) is 0 Å². The third kappa shape index (κ3) is 3.10. The van der Waals surface area contributed by atoms with Crippen LogP contribution in [0.25, 0.3) is 22.1 Å². The molecule has 2 aromatic carbocycles. The molecule has 0 bridgehead atoms. The number of benzene rings is 2. The highest BCUT2D eigenvalue weighted by atomic mass is 16.5. The summed E-state index contributed by atoms with van der Waals surface area (Å²) in [6, 6.07) is 16.5. The van der Waals surface area contributed by atoms with Crippen molar-refractivity contribution in [3.63, 3.8) is 0 Å². The van der Waals surface area contributed by atoms with Crippen molar-refractivity contribution in [2.24, 2.45) is 0 Å². The summed E-state index contributed by atoms with van der Waals surface area (Å²) >= 11 is 0. The summed E-state index contributed by atoms with van der Waals surface area (Å²) in [5.41, 5.74) is 3.26. The predicted molar refractivity (Wildman–Crippen MR) is 94.8 cm³/mol. The summed E-state index contributed by atoms with van der Waals surface area (Å²) in [6.07, 6.45) is 0. The number of hydrogen-bond donors (Lipinski definition) is 0. The van der Waals surface area contributed by atoms with Gasteiger partial charge in [-0.1, -0.05) is 44.2 Å². The van der Waals surface area contributed by atoms with E-state index in [-0.39, 0.29) is 0 Å². The molecule has 0 radical (unpaired) electrons. The Morgan fingerprint density at radius 3 is 2.39 bits per heavy atom. The van der Waals surface area contributed by atoms with Crippen LogP contribution in [0.15, 0.2) is 52.9 Å². The Labute approximate surface area is 137 Å². The van der Waals surface area contributed by atoms with Crippen molar-refractivity contribution in [1.82, 2.24) is 4.90 Å². The van der Waals surface area contributed by atoms with Crippen molar-refractivity contribution >= 4 is 11.0 Å². The Kier molecular flexibility index (Phi) is 4.68. The normalized spacial score (nSPS) is 11.3. The number of rotatable bonds is 6. The average molecular weight is 309 g/mol. The molecule has 0 aliphatic heterocycles.